The fourth-order valence-corrected chi connectivity index (χ4v) is 2.19. The minimum absolute atomic E-state index is 0.00955. The Labute approximate surface area is 107 Å². The van der Waals surface area contributed by atoms with Crippen LogP contribution in [0.2, 0.25) is 0 Å². The van der Waals surface area contributed by atoms with Crippen molar-refractivity contribution in [2.24, 2.45) is 0 Å². The quantitative estimate of drug-likeness (QED) is 0.744. The second-order valence-electron chi connectivity index (χ2n) is 4.67. The number of carbonyl (C=O) groups excluding carboxylic acids is 1. The summed E-state index contributed by atoms with van der Waals surface area (Å²) in [6.45, 7) is 1.17. The summed E-state index contributed by atoms with van der Waals surface area (Å²) in [5.41, 5.74) is 0.828. The molecular formula is C14H20N2O2. The molecule has 1 heterocycles. The van der Waals surface area contributed by atoms with Crippen molar-refractivity contribution in [3.05, 3.63) is 35.9 Å². The number of hydrogen-bond donors (Lipinski definition) is 3. The molecule has 2 unspecified atom stereocenters. The molecule has 0 aromatic heterocycles. The first-order valence-electron chi connectivity index (χ1n) is 6.51. The number of aliphatic hydroxyl groups is 1. The van der Waals surface area contributed by atoms with Crippen LogP contribution in [0.5, 0.6) is 0 Å². The van der Waals surface area contributed by atoms with Gasteiger partial charge in [-0.25, -0.2) is 0 Å². The second kappa shape index (κ2) is 6.52. The molecule has 1 aliphatic rings. The first kappa shape index (κ1) is 13.1. The summed E-state index contributed by atoms with van der Waals surface area (Å²) < 4.78 is 0. The van der Waals surface area contributed by atoms with Gasteiger partial charge in [-0.3, -0.25) is 4.79 Å². The van der Waals surface area contributed by atoms with Crippen molar-refractivity contribution >= 4 is 5.91 Å². The molecule has 0 radical (unpaired) electrons. The first-order chi connectivity index (χ1) is 8.77. The molecule has 1 fully saturated rings. The number of rotatable bonds is 4. The highest BCUT2D eigenvalue weighted by atomic mass is 16.3. The SMILES string of the molecule is O=C(NCC(O)c1ccccc1)C1CCCCN1. The Balaban J connectivity index is 1.78. The lowest BCUT2D eigenvalue weighted by atomic mass is 10.0. The van der Waals surface area contributed by atoms with Crippen molar-refractivity contribution in [2.75, 3.05) is 13.1 Å². The summed E-state index contributed by atoms with van der Waals surface area (Å²) in [5, 5.41) is 15.9. The number of amides is 1. The van der Waals surface area contributed by atoms with Crippen molar-refractivity contribution in [1.29, 1.82) is 0 Å². The molecular weight excluding hydrogens is 228 g/mol. The molecule has 0 saturated carbocycles. The van der Waals surface area contributed by atoms with Crippen LogP contribution in [0, 0.1) is 0 Å². The monoisotopic (exact) mass is 248 g/mol. The Bertz CT molecular complexity index is 375. The molecule has 3 N–H and O–H groups in total. The van der Waals surface area contributed by atoms with Crippen molar-refractivity contribution in [3.8, 4) is 0 Å². The van der Waals surface area contributed by atoms with E-state index < -0.39 is 6.10 Å². The number of nitrogens with one attached hydrogen (secondary N) is 2. The third-order valence-corrected chi connectivity index (χ3v) is 3.28. The lowest BCUT2D eigenvalue weighted by Gasteiger charge is -2.23. The van der Waals surface area contributed by atoms with Gasteiger partial charge >= 0.3 is 0 Å². The fraction of sp³-hybridized carbons (Fsp3) is 0.500. The average molecular weight is 248 g/mol. The topological polar surface area (TPSA) is 61.4 Å². The zero-order chi connectivity index (χ0) is 12.8. The van der Waals surface area contributed by atoms with E-state index >= 15 is 0 Å². The fourth-order valence-electron chi connectivity index (χ4n) is 2.19. The Kier molecular flexibility index (Phi) is 4.73. The standard InChI is InChI=1S/C14H20N2O2/c17-13(11-6-2-1-3-7-11)10-16-14(18)12-8-4-5-9-15-12/h1-3,6-7,12-13,15,17H,4-5,8-10H2,(H,16,18). The summed E-state index contributed by atoms with van der Waals surface area (Å²) in [6.07, 6.45) is 2.47. The number of benzene rings is 1. The van der Waals surface area contributed by atoms with Crippen molar-refractivity contribution in [3.63, 3.8) is 0 Å². The van der Waals surface area contributed by atoms with Crippen LogP contribution in [-0.2, 0) is 4.79 Å². The van der Waals surface area contributed by atoms with Crippen LogP contribution in [0.1, 0.15) is 30.9 Å². The van der Waals surface area contributed by atoms with Crippen LogP contribution >= 0.6 is 0 Å². The van der Waals surface area contributed by atoms with Gasteiger partial charge in [0.1, 0.15) is 0 Å². The minimum atomic E-state index is -0.640. The molecule has 4 nitrogen and oxygen atoms in total. The molecule has 4 heteroatoms. The summed E-state index contributed by atoms with van der Waals surface area (Å²) in [7, 11) is 0. The van der Waals surface area contributed by atoms with Gasteiger partial charge in [0.2, 0.25) is 5.91 Å². The summed E-state index contributed by atoms with van der Waals surface area (Å²) in [6, 6.07) is 9.28. The lowest BCUT2D eigenvalue weighted by Crippen LogP contribution is -2.47. The Morgan fingerprint density at radius 3 is 2.83 bits per heavy atom. The summed E-state index contributed by atoms with van der Waals surface area (Å²) >= 11 is 0. The number of aliphatic hydroxyl groups excluding tert-OH is 1. The van der Waals surface area contributed by atoms with E-state index in [1.807, 2.05) is 30.3 Å². The second-order valence-corrected chi connectivity index (χ2v) is 4.67. The largest absolute Gasteiger partial charge is 0.387 e. The van der Waals surface area contributed by atoms with Gasteiger partial charge in [-0.15, -0.1) is 0 Å². The molecule has 2 atom stereocenters. The van der Waals surface area contributed by atoms with Gasteiger partial charge in [0, 0.05) is 6.54 Å². The molecule has 2 rings (SSSR count). The van der Waals surface area contributed by atoms with Crippen LogP contribution in [0.15, 0.2) is 30.3 Å². The molecule has 0 aliphatic carbocycles. The number of piperidine rings is 1. The lowest BCUT2D eigenvalue weighted by molar-refractivity contribution is -0.124. The summed E-state index contributed by atoms with van der Waals surface area (Å²) in [4.78, 5) is 11.8. The third-order valence-electron chi connectivity index (χ3n) is 3.28. The average Bonchev–Trinajstić information content (AvgIpc) is 2.46. The molecule has 1 aromatic rings. The van der Waals surface area contributed by atoms with Crippen LogP contribution in [0.4, 0.5) is 0 Å². The highest BCUT2D eigenvalue weighted by Gasteiger charge is 2.20. The smallest absolute Gasteiger partial charge is 0.237 e. The van der Waals surface area contributed by atoms with Gasteiger partial charge < -0.3 is 15.7 Å². The van der Waals surface area contributed by atoms with Crippen LogP contribution < -0.4 is 10.6 Å². The van der Waals surface area contributed by atoms with E-state index in [0.29, 0.717) is 0 Å². The zero-order valence-corrected chi connectivity index (χ0v) is 10.4. The molecule has 0 spiro atoms. The van der Waals surface area contributed by atoms with E-state index in [1.165, 1.54) is 0 Å². The molecule has 1 amide bonds. The maximum absolute atomic E-state index is 11.8. The van der Waals surface area contributed by atoms with Crippen molar-refractivity contribution in [2.45, 2.75) is 31.4 Å². The predicted octanol–water partition coefficient (Wildman–Crippen LogP) is 0.978. The van der Waals surface area contributed by atoms with Crippen molar-refractivity contribution < 1.29 is 9.90 Å². The minimum Gasteiger partial charge on any atom is -0.387 e. The van der Waals surface area contributed by atoms with E-state index in [2.05, 4.69) is 10.6 Å². The molecule has 1 aliphatic heterocycles. The number of carbonyl (C=O) groups is 1. The van der Waals surface area contributed by atoms with Crippen LogP contribution in [0.25, 0.3) is 0 Å². The van der Waals surface area contributed by atoms with Crippen LogP contribution in [0.3, 0.4) is 0 Å². The van der Waals surface area contributed by atoms with Crippen molar-refractivity contribution in [1.82, 2.24) is 10.6 Å². The Morgan fingerprint density at radius 2 is 2.17 bits per heavy atom. The third kappa shape index (κ3) is 3.55. The molecule has 1 aromatic carbocycles. The molecule has 18 heavy (non-hydrogen) atoms. The van der Waals surface area contributed by atoms with Crippen LogP contribution in [-0.4, -0.2) is 30.1 Å². The molecule has 0 bridgehead atoms. The zero-order valence-electron chi connectivity index (χ0n) is 10.4. The van der Waals surface area contributed by atoms with Gasteiger partial charge in [0.15, 0.2) is 0 Å². The van der Waals surface area contributed by atoms with Gasteiger partial charge in [0.05, 0.1) is 12.1 Å². The highest BCUT2D eigenvalue weighted by Crippen LogP contribution is 2.11. The van der Waals surface area contributed by atoms with E-state index in [4.69, 9.17) is 0 Å². The molecule has 1 saturated heterocycles. The number of hydrogen-bond acceptors (Lipinski definition) is 3. The van der Waals surface area contributed by atoms with Gasteiger partial charge in [-0.2, -0.15) is 0 Å². The van der Waals surface area contributed by atoms with Gasteiger partial charge in [-0.1, -0.05) is 36.8 Å². The normalized spacial score (nSPS) is 21.3. The van der Waals surface area contributed by atoms with E-state index in [0.717, 1.165) is 31.4 Å². The predicted molar refractivity (Wildman–Crippen MR) is 70.1 cm³/mol. The highest BCUT2D eigenvalue weighted by molar-refractivity contribution is 5.81. The first-order valence-corrected chi connectivity index (χ1v) is 6.51. The van der Waals surface area contributed by atoms with Gasteiger partial charge in [-0.05, 0) is 24.9 Å². The van der Waals surface area contributed by atoms with E-state index in [9.17, 15) is 9.90 Å². The maximum atomic E-state index is 11.8. The Hall–Kier alpha value is -1.39. The maximum Gasteiger partial charge on any atom is 0.237 e. The molecule has 98 valence electrons. The van der Waals surface area contributed by atoms with E-state index in [1.54, 1.807) is 0 Å². The Morgan fingerprint density at radius 1 is 1.39 bits per heavy atom. The van der Waals surface area contributed by atoms with E-state index in [-0.39, 0.29) is 18.5 Å². The summed E-state index contributed by atoms with van der Waals surface area (Å²) in [5.74, 6) is -0.00955. The van der Waals surface area contributed by atoms with Gasteiger partial charge in [0.25, 0.3) is 0 Å².